The average Bonchev–Trinajstić information content (AvgIpc) is 2.07. The normalized spacial score (nSPS) is 11.3. The fourth-order valence-electron chi connectivity index (χ4n) is 1.22. The van der Waals surface area contributed by atoms with Crippen LogP contribution in [0.15, 0.2) is 30.3 Å². The van der Waals surface area contributed by atoms with E-state index in [1.165, 1.54) is 28.8 Å². The zero-order valence-electron chi connectivity index (χ0n) is 7.22. The van der Waals surface area contributed by atoms with Crippen LogP contribution in [-0.2, 0) is 0 Å². The van der Waals surface area contributed by atoms with Gasteiger partial charge in [0, 0.05) is 10.2 Å². The average molecular weight is 180 g/mol. The van der Waals surface area contributed by atoms with E-state index in [4.69, 9.17) is 0 Å². The Kier molecular flexibility index (Phi) is 4.23. The second kappa shape index (κ2) is 5.32. The minimum Gasteiger partial charge on any atom is -0.0669 e. The van der Waals surface area contributed by atoms with Gasteiger partial charge < -0.3 is 0 Å². The minimum absolute atomic E-state index is 0.0998. The molecule has 60 valence electrons. The van der Waals surface area contributed by atoms with Gasteiger partial charge in [-0.3, -0.25) is 0 Å². The molecule has 1 aromatic carbocycles. The highest BCUT2D eigenvalue weighted by Crippen LogP contribution is 1.92. The van der Waals surface area contributed by atoms with Crippen LogP contribution in [0.2, 0.25) is 12.1 Å². The van der Waals surface area contributed by atoms with E-state index in [1.807, 2.05) is 0 Å². The van der Waals surface area contributed by atoms with E-state index >= 15 is 0 Å². The highest BCUT2D eigenvalue weighted by Gasteiger charge is 1.90. The minimum atomic E-state index is 0.0998. The summed E-state index contributed by atoms with van der Waals surface area (Å²) in [4.78, 5) is 0. The first-order chi connectivity index (χ1) is 5.43. The first kappa shape index (κ1) is 8.75. The van der Waals surface area contributed by atoms with Gasteiger partial charge in [-0.15, -0.1) is 0 Å². The van der Waals surface area contributed by atoms with Crippen LogP contribution in [0.25, 0.3) is 0 Å². The maximum atomic E-state index is 2.28. The van der Waals surface area contributed by atoms with Gasteiger partial charge in [0.2, 0.25) is 0 Å². The lowest BCUT2D eigenvalue weighted by molar-refractivity contribution is 1.07. The number of hydrogen-bond acceptors (Lipinski definition) is 0. The fraction of sp³-hybridized carbons (Fsp3) is 0.333. The molecule has 0 aliphatic rings. The molecule has 0 aliphatic carbocycles. The Morgan fingerprint density at radius 3 is 2.55 bits per heavy atom. The van der Waals surface area contributed by atoms with Crippen molar-refractivity contribution in [2.24, 2.45) is 0 Å². The third kappa shape index (κ3) is 3.53. The molecule has 0 radical (unpaired) electrons. The fourth-order valence-corrected chi connectivity index (χ4v) is 4.49. The second-order valence-electron chi connectivity index (χ2n) is 2.94. The Hall–Kier alpha value is -0.346. The van der Waals surface area contributed by atoms with Crippen molar-refractivity contribution in [2.75, 3.05) is 0 Å². The summed E-state index contributed by atoms with van der Waals surface area (Å²) >= 11 is 0. The van der Waals surface area contributed by atoms with Crippen molar-refractivity contribution in [1.82, 2.24) is 0 Å². The lowest BCUT2D eigenvalue weighted by Crippen LogP contribution is -2.11. The summed E-state index contributed by atoms with van der Waals surface area (Å²) in [5.41, 5.74) is 0. The van der Waals surface area contributed by atoms with Crippen LogP contribution in [0, 0.1) is 0 Å². The standard InChI is InChI=1S/C9H16Si2/c10-7-4-8-11-9-5-2-1-3-6-9/h1-3,5-6H,4,7-8,11H2,10H3. The Labute approximate surface area is 74.3 Å². The third-order valence-corrected chi connectivity index (χ3v) is 4.52. The molecular weight excluding hydrogens is 164 g/mol. The summed E-state index contributed by atoms with van der Waals surface area (Å²) in [6.07, 6.45) is 1.48. The van der Waals surface area contributed by atoms with Crippen molar-refractivity contribution in [1.29, 1.82) is 0 Å². The van der Waals surface area contributed by atoms with Gasteiger partial charge in [0.25, 0.3) is 0 Å². The molecule has 0 spiro atoms. The van der Waals surface area contributed by atoms with Crippen molar-refractivity contribution in [2.45, 2.75) is 18.5 Å². The molecule has 0 atom stereocenters. The summed E-state index contributed by atoms with van der Waals surface area (Å²) in [6, 6.07) is 14.0. The maximum Gasteiger partial charge on any atom is 0.0547 e. The van der Waals surface area contributed by atoms with E-state index in [-0.39, 0.29) is 9.52 Å². The molecular formula is C9H16Si2. The van der Waals surface area contributed by atoms with E-state index in [1.54, 1.807) is 5.19 Å². The van der Waals surface area contributed by atoms with E-state index in [2.05, 4.69) is 30.3 Å². The SMILES string of the molecule is [SiH3]CCC[SiH2]c1ccccc1. The molecule has 0 bridgehead atoms. The van der Waals surface area contributed by atoms with Gasteiger partial charge in [0.1, 0.15) is 0 Å². The third-order valence-electron chi connectivity index (χ3n) is 1.91. The second-order valence-corrected chi connectivity index (χ2v) is 5.97. The monoisotopic (exact) mass is 180 g/mol. The summed E-state index contributed by atoms with van der Waals surface area (Å²) in [5, 5.41) is 1.63. The molecule has 1 aromatic rings. The Morgan fingerprint density at radius 1 is 1.18 bits per heavy atom. The first-order valence-electron chi connectivity index (χ1n) is 4.47. The summed E-state index contributed by atoms with van der Waals surface area (Å²) in [7, 11) is 1.49. The van der Waals surface area contributed by atoms with Crippen molar-refractivity contribution >= 4 is 24.9 Å². The summed E-state index contributed by atoms with van der Waals surface area (Å²) < 4.78 is 0. The quantitative estimate of drug-likeness (QED) is 0.454. The topological polar surface area (TPSA) is 0 Å². The lowest BCUT2D eigenvalue weighted by Gasteiger charge is -1.97. The molecule has 2 heteroatoms. The first-order valence-corrected chi connectivity index (χ1v) is 7.59. The van der Waals surface area contributed by atoms with Crippen LogP contribution in [0.1, 0.15) is 6.42 Å². The zero-order valence-corrected chi connectivity index (χ0v) is 10.6. The van der Waals surface area contributed by atoms with Crippen molar-refractivity contribution in [3.63, 3.8) is 0 Å². The van der Waals surface area contributed by atoms with Crippen LogP contribution in [0.4, 0.5) is 0 Å². The van der Waals surface area contributed by atoms with Crippen molar-refractivity contribution < 1.29 is 0 Å². The lowest BCUT2D eigenvalue weighted by atomic mass is 10.4. The molecule has 0 aromatic heterocycles. The van der Waals surface area contributed by atoms with Gasteiger partial charge in [0.15, 0.2) is 0 Å². The molecule has 0 aliphatic heterocycles. The van der Waals surface area contributed by atoms with Gasteiger partial charge in [0.05, 0.1) is 9.52 Å². The number of rotatable bonds is 4. The Bertz CT molecular complexity index is 184. The Morgan fingerprint density at radius 2 is 1.91 bits per heavy atom. The van der Waals surface area contributed by atoms with Crippen LogP contribution < -0.4 is 5.19 Å². The van der Waals surface area contributed by atoms with E-state index < -0.39 is 0 Å². The summed E-state index contributed by atoms with van der Waals surface area (Å²) in [5.74, 6) is 0. The number of hydrogen-bond donors (Lipinski definition) is 0. The summed E-state index contributed by atoms with van der Waals surface area (Å²) in [6.45, 7) is 0. The van der Waals surface area contributed by atoms with Crippen molar-refractivity contribution in [3.05, 3.63) is 30.3 Å². The highest BCUT2D eigenvalue weighted by molar-refractivity contribution is 6.53. The van der Waals surface area contributed by atoms with Crippen LogP contribution >= 0.6 is 0 Å². The van der Waals surface area contributed by atoms with Gasteiger partial charge in [-0.25, -0.2) is 0 Å². The molecule has 0 amide bonds. The maximum absolute atomic E-state index is 2.28. The van der Waals surface area contributed by atoms with Crippen molar-refractivity contribution in [3.8, 4) is 0 Å². The molecule has 11 heavy (non-hydrogen) atoms. The molecule has 0 heterocycles. The molecule has 0 saturated carbocycles. The van der Waals surface area contributed by atoms with Crippen LogP contribution in [0.3, 0.4) is 0 Å². The van der Waals surface area contributed by atoms with Gasteiger partial charge in [-0.05, 0) is 0 Å². The van der Waals surface area contributed by atoms with E-state index in [0.29, 0.717) is 0 Å². The molecule has 0 fully saturated rings. The molecule has 0 saturated heterocycles. The largest absolute Gasteiger partial charge is 0.0669 e. The smallest absolute Gasteiger partial charge is 0.0547 e. The predicted octanol–water partition coefficient (Wildman–Crippen LogP) is 0.0728. The predicted molar refractivity (Wildman–Crippen MR) is 58.8 cm³/mol. The van der Waals surface area contributed by atoms with Gasteiger partial charge in [-0.1, -0.05) is 54.0 Å². The molecule has 0 N–H and O–H groups in total. The van der Waals surface area contributed by atoms with Gasteiger partial charge in [-0.2, -0.15) is 0 Å². The Balaban J connectivity index is 2.28. The van der Waals surface area contributed by atoms with Crippen LogP contribution in [-0.4, -0.2) is 19.8 Å². The van der Waals surface area contributed by atoms with Gasteiger partial charge >= 0.3 is 0 Å². The molecule has 0 unspecified atom stereocenters. The zero-order chi connectivity index (χ0) is 7.94. The van der Waals surface area contributed by atoms with Crippen LogP contribution in [0.5, 0.6) is 0 Å². The number of benzene rings is 1. The van der Waals surface area contributed by atoms with E-state index in [0.717, 1.165) is 0 Å². The molecule has 0 nitrogen and oxygen atoms in total. The van der Waals surface area contributed by atoms with E-state index in [9.17, 15) is 0 Å². The molecule has 1 rings (SSSR count). The highest BCUT2D eigenvalue weighted by atomic mass is 28.2.